The molecule has 5 aromatic rings. The van der Waals surface area contributed by atoms with Crippen LogP contribution in [0, 0.1) is 6.92 Å². The summed E-state index contributed by atoms with van der Waals surface area (Å²) in [6.07, 6.45) is 6.72. The Morgan fingerprint density at radius 1 is 0.806 bits per heavy atom. The zero-order valence-corrected chi connectivity index (χ0v) is 20.7. The first-order chi connectivity index (χ1) is 17.7. The number of rotatable bonds is 0. The molecule has 2 nitrogen and oxygen atoms in total. The monoisotopic (exact) mass is 466 g/mol. The molecular weight excluding hydrogens is 436 g/mol. The van der Waals surface area contributed by atoms with Crippen molar-refractivity contribution in [2.45, 2.75) is 38.3 Å². The highest BCUT2D eigenvalue weighted by atomic mass is 15.0. The SMILES string of the molecule is C=C1C[n+]2cc(C)ccc2-c2ccccc2CCC2c3ccccc3-c3c4ccccc4cc[n+]3C12. The fourth-order valence-corrected chi connectivity index (χ4v) is 6.59. The number of nitrogens with zero attached hydrogens (tertiary/aromatic N) is 2. The summed E-state index contributed by atoms with van der Waals surface area (Å²) < 4.78 is 4.95. The molecule has 2 aliphatic heterocycles. The van der Waals surface area contributed by atoms with Crippen molar-refractivity contribution >= 4 is 10.8 Å². The minimum Gasteiger partial charge on any atom is -0.194 e. The van der Waals surface area contributed by atoms with Crippen LogP contribution in [0.4, 0.5) is 0 Å². The topological polar surface area (TPSA) is 7.76 Å². The highest BCUT2D eigenvalue weighted by Gasteiger charge is 2.43. The van der Waals surface area contributed by atoms with Crippen molar-refractivity contribution < 1.29 is 9.13 Å². The molecule has 2 unspecified atom stereocenters. The predicted molar refractivity (Wildman–Crippen MR) is 146 cm³/mol. The Morgan fingerprint density at radius 2 is 1.58 bits per heavy atom. The molecule has 174 valence electrons. The van der Waals surface area contributed by atoms with Gasteiger partial charge in [-0.3, -0.25) is 0 Å². The van der Waals surface area contributed by atoms with E-state index in [1.165, 1.54) is 55.6 Å². The average Bonchev–Trinajstić information content (AvgIpc) is 2.91. The smallest absolute Gasteiger partial charge is 0.194 e. The summed E-state index contributed by atoms with van der Waals surface area (Å²) in [6, 6.07) is 33.8. The van der Waals surface area contributed by atoms with Crippen LogP contribution in [0.15, 0.2) is 116 Å². The maximum atomic E-state index is 4.77. The minimum absolute atomic E-state index is 0.200. The summed E-state index contributed by atoms with van der Waals surface area (Å²) in [5, 5.41) is 2.59. The second-order valence-corrected chi connectivity index (χ2v) is 10.4. The number of fused-ring (bicyclic) bond motifs is 11. The van der Waals surface area contributed by atoms with E-state index in [1.54, 1.807) is 0 Å². The molecule has 0 saturated heterocycles. The molecule has 0 fully saturated rings. The molecule has 0 saturated carbocycles. The van der Waals surface area contributed by atoms with Gasteiger partial charge in [-0.2, -0.15) is 9.13 Å². The van der Waals surface area contributed by atoms with Crippen molar-refractivity contribution in [1.29, 1.82) is 0 Å². The molecule has 2 atom stereocenters. The molecule has 0 radical (unpaired) electrons. The Bertz CT molecular complexity index is 1660. The Labute approximate surface area is 212 Å². The molecule has 0 N–H and O–H groups in total. The number of hydrogen-bond acceptors (Lipinski definition) is 0. The highest BCUT2D eigenvalue weighted by Crippen LogP contribution is 2.45. The van der Waals surface area contributed by atoms with Crippen LogP contribution in [0.5, 0.6) is 0 Å². The lowest BCUT2D eigenvalue weighted by molar-refractivity contribution is -0.722. The lowest BCUT2D eigenvalue weighted by Crippen LogP contribution is -2.51. The Hall–Kier alpha value is -4.04. The number of benzene rings is 3. The van der Waals surface area contributed by atoms with Gasteiger partial charge >= 0.3 is 0 Å². The second-order valence-electron chi connectivity index (χ2n) is 10.4. The lowest BCUT2D eigenvalue weighted by atomic mass is 9.76. The van der Waals surface area contributed by atoms with E-state index in [0.717, 1.165) is 19.4 Å². The average molecular weight is 467 g/mol. The fraction of sp³-hybridized carbons (Fsp3) is 0.176. The third-order valence-corrected chi connectivity index (χ3v) is 8.17. The lowest BCUT2D eigenvalue weighted by Gasteiger charge is -2.32. The van der Waals surface area contributed by atoms with Crippen molar-refractivity contribution in [3.05, 3.63) is 132 Å². The van der Waals surface area contributed by atoms with Crippen LogP contribution in [0.3, 0.4) is 0 Å². The molecule has 4 heterocycles. The molecule has 2 aliphatic rings. The molecule has 36 heavy (non-hydrogen) atoms. The van der Waals surface area contributed by atoms with Crippen molar-refractivity contribution in [3.63, 3.8) is 0 Å². The molecule has 0 amide bonds. The molecule has 0 bridgehead atoms. The van der Waals surface area contributed by atoms with Gasteiger partial charge in [-0.05, 0) is 60.5 Å². The van der Waals surface area contributed by atoms with E-state index in [1.807, 2.05) is 0 Å². The molecule has 2 heteroatoms. The number of allylic oxidation sites excluding steroid dienone is 1. The zero-order chi connectivity index (χ0) is 24.2. The normalized spacial score (nSPS) is 18.4. The Balaban J connectivity index is 1.49. The van der Waals surface area contributed by atoms with E-state index in [9.17, 15) is 0 Å². The highest BCUT2D eigenvalue weighted by molar-refractivity contribution is 5.94. The van der Waals surface area contributed by atoms with Crippen LogP contribution >= 0.6 is 0 Å². The van der Waals surface area contributed by atoms with Crippen LogP contribution in [0.2, 0.25) is 0 Å². The maximum absolute atomic E-state index is 4.77. The fourth-order valence-electron chi connectivity index (χ4n) is 6.59. The minimum atomic E-state index is 0.200. The van der Waals surface area contributed by atoms with Gasteiger partial charge in [0, 0.05) is 23.3 Å². The standard InChI is InChI=1S/C34H30N2/c1-23-15-18-32-27-11-5-3-9-25(27)16-17-31-29-13-7-8-14-30(29)34-28-12-6-4-10-26(28)19-20-36(34)33(31)24(2)22-35(32)21-23/h3-15,18-21,31,33H,2,16-17,22H2,1H3/q+2. The number of aromatic nitrogens is 2. The Morgan fingerprint density at radius 3 is 2.50 bits per heavy atom. The van der Waals surface area contributed by atoms with Gasteiger partial charge in [0.15, 0.2) is 25.0 Å². The predicted octanol–water partition coefficient (Wildman–Crippen LogP) is 6.90. The van der Waals surface area contributed by atoms with Crippen molar-refractivity contribution in [3.8, 4) is 22.5 Å². The van der Waals surface area contributed by atoms with E-state index < -0.39 is 0 Å². The van der Waals surface area contributed by atoms with E-state index in [0.29, 0.717) is 5.92 Å². The first-order valence-corrected chi connectivity index (χ1v) is 13.0. The van der Waals surface area contributed by atoms with Crippen molar-refractivity contribution in [1.82, 2.24) is 0 Å². The van der Waals surface area contributed by atoms with Gasteiger partial charge in [0.1, 0.15) is 0 Å². The van der Waals surface area contributed by atoms with Crippen LogP contribution in [0.1, 0.15) is 35.1 Å². The van der Waals surface area contributed by atoms with Gasteiger partial charge in [0.25, 0.3) is 0 Å². The van der Waals surface area contributed by atoms with Crippen molar-refractivity contribution in [2.75, 3.05) is 0 Å². The molecule has 2 aromatic heterocycles. The first-order valence-electron chi connectivity index (χ1n) is 13.0. The number of aryl methyl sites for hydroxylation is 2. The van der Waals surface area contributed by atoms with E-state index in [-0.39, 0.29) is 6.04 Å². The van der Waals surface area contributed by atoms with Crippen LogP contribution in [0.25, 0.3) is 33.3 Å². The molecule has 0 spiro atoms. The molecule has 0 aliphatic carbocycles. The van der Waals surface area contributed by atoms with Gasteiger partial charge in [0.05, 0.1) is 22.4 Å². The largest absolute Gasteiger partial charge is 0.221 e. The van der Waals surface area contributed by atoms with Gasteiger partial charge in [-0.25, -0.2) is 0 Å². The summed E-state index contributed by atoms with van der Waals surface area (Å²) in [7, 11) is 0. The Kier molecular flexibility index (Phi) is 4.89. The van der Waals surface area contributed by atoms with Crippen LogP contribution < -0.4 is 9.13 Å². The van der Waals surface area contributed by atoms with Crippen LogP contribution in [-0.4, -0.2) is 0 Å². The molecule has 7 rings (SSSR count). The van der Waals surface area contributed by atoms with Gasteiger partial charge in [-0.15, -0.1) is 0 Å². The third-order valence-electron chi connectivity index (χ3n) is 8.17. The number of hydrogen-bond donors (Lipinski definition) is 0. The van der Waals surface area contributed by atoms with Crippen LogP contribution in [-0.2, 0) is 13.0 Å². The summed E-state index contributed by atoms with van der Waals surface area (Å²) in [5.74, 6) is 0.368. The van der Waals surface area contributed by atoms with E-state index in [2.05, 4.69) is 119 Å². The second kappa shape index (κ2) is 8.27. The molecular formula is C34H30N2+2. The zero-order valence-electron chi connectivity index (χ0n) is 20.7. The quantitative estimate of drug-likeness (QED) is 0.173. The maximum Gasteiger partial charge on any atom is 0.221 e. The molecule has 3 aromatic carbocycles. The summed E-state index contributed by atoms with van der Waals surface area (Å²) >= 11 is 0. The van der Waals surface area contributed by atoms with Gasteiger partial charge < -0.3 is 0 Å². The third kappa shape index (κ3) is 3.25. The summed E-state index contributed by atoms with van der Waals surface area (Å²) in [6.45, 7) is 7.74. The first kappa shape index (κ1) is 21.3. The van der Waals surface area contributed by atoms with E-state index >= 15 is 0 Å². The summed E-state index contributed by atoms with van der Waals surface area (Å²) in [5.41, 5.74) is 10.7. The van der Waals surface area contributed by atoms with Gasteiger partial charge in [0.2, 0.25) is 11.4 Å². The summed E-state index contributed by atoms with van der Waals surface area (Å²) in [4.78, 5) is 0. The van der Waals surface area contributed by atoms with Gasteiger partial charge in [-0.1, -0.05) is 61.2 Å². The number of pyridine rings is 2. The van der Waals surface area contributed by atoms with E-state index in [4.69, 9.17) is 6.58 Å². The van der Waals surface area contributed by atoms with Crippen molar-refractivity contribution in [2.24, 2.45) is 0 Å².